The van der Waals surface area contributed by atoms with Crippen molar-refractivity contribution in [1.29, 1.82) is 0 Å². The lowest BCUT2D eigenvalue weighted by atomic mass is 9.91. The van der Waals surface area contributed by atoms with Gasteiger partial charge in [0.2, 0.25) is 0 Å². The van der Waals surface area contributed by atoms with Crippen LogP contribution in [0.2, 0.25) is 0 Å². The molecule has 4 rings (SSSR count). The van der Waals surface area contributed by atoms with Crippen LogP contribution in [0, 0.1) is 0 Å². The van der Waals surface area contributed by atoms with Gasteiger partial charge in [0.1, 0.15) is 11.9 Å². The zero-order chi connectivity index (χ0) is 15.3. The van der Waals surface area contributed by atoms with E-state index in [1.54, 1.807) is 0 Å². The summed E-state index contributed by atoms with van der Waals surface area (Å²) >= 11 is 0. The number of phenolic OH excluding ortho intramolecular Hbond substituents is 3. The maximum absolute atomic E-state index is 10.1. The summed E-state index contributed by atoms with van der Waals surface area (Å²) in [4.78, 5) is 0. The van der Waals surface area contributed by atoms with Gasteiger partial charge in [0.25, 0.3) is 0 Å². The molecular formula is C17H16N2O3. The Labute approximate surface area is 127 Å². The molecule has 112 valence electrons. The summed E-state index contributed by atoms with van der Waals surface area (Å²) in [5.74, 6) is -0.665. The van der Waals surface area contributed by atoms with E-state index in [-0.39, 0.29) is 23.4 Å². The Balaban J connectivity index is 1.80. The van der Waals surface area contributed by atoms with Gasteiger partial charge in [-0.05, 0) is 30.5 Å². The largest absolute Gasteiger partial charge is 0.507 e. The molecule has 2 aromatic rings. The number of phenols is 3. The van der Waals surface area contributed by atoms with E-state index in [1.165, 1.54) is 17.2 Å². The first-order valence-corrected chi connectivity index (χ1v) is 7.24. The molecule has 2 aromatic carbocycles. The number of nitrogens with one attached hydrogen (secondary N) is 2. The molecule has 1 aliphatic heterocycles. The van der Waals surface area contributed by atoms with Crippen molar-refractivity contribution >= 4 is 11.4 Å². The summed E-state index contributed by atoms with van der Waals surface area (Å²) in [5, 5.41) is 35.9. The number of hydrogen-bond acceptors (Lipinski definition) is 5. The minimum Gasteiger partial charge on any atom is -0.507 e. The van der Waals surface area contributed by atoms with Gasteiger partial charge in [-0.15, -0.1) is 0 Å². The van der Waals surface area contributed by atoms with Crippen LogP contribution in [0.5, 0.6) is 17.2 Å². The Morgan fingerprint density at radius 1 is 0.955 bits per heavy atom. The molecule has 0 aromatic heterocycles. The highest BCUT2D eigenvalue weighted by Gasteiger charge is 2.27. The van der Waals surface area contributed by atoms with Gasteiger partial charge in [0.15, 0.2) is 11.5 Å². The quantitative estimate of drug-likeness (QED) is 0.413. The summed E-state index contributed by atoms with van der Waals surface area (Å²) in [6.07, 6.45) is 3.76. The first-order chi connectivity index (χ1) is 10.6. The lowest BCUT2D eigenvalue weighted by Gasteiger charge is -2.34. The minimum atomic E-state index is -0.376. The number of anilines is 1. The molecule has 0 radical (unpaired) electrons. The third kappa shape index (κ3) is 1.86. The van der Waals surface area contributed by atoms with Crippen LogP contribution in [0.15, 0.2) is 36.4 Å². The van der Waals surface area contributed by atoms with E-state index in [2.05, 4.69) is 22.8 Å². The average molecular weight is 296 g/mol. The maximum atomic E-state index is 10.1. The van der Waals surface area contributed by atoms with Crippen molar-refractivity contribution < 1.29 is 15.3 Å². The highest BCUT2D eigenvalue weighted by atomic mass is 16.3. The van der Waals surface area contributed by atoms with Gasteiger partial charge in [-0.3, -0.25) is 0 Å². The highest BCUT2D eigenvalue weighted by Crippen LogP contribution is 2.41. The van der Waals surface area contributed by atoms with Crippen molar-refractivity contribution in [2.45, 2.75) is 19.0 Å². The first-order valence-electron chi connectivity index (χ1n) is 7.24. The zero-order valence-corrected chi connectivity index (χ0v) is 11.8. The second kappa shape index (κ2) is 4.59. The average Bonchev–Trinajstić information content (AvgIpc) is 2.51. The summed E-state index contributed by atoms with van der Waals surface area (Å²) in [5.41, 5.74) is 4.99. The van der Waals surface area contributed by atoms with Crippen LogP contribution in [-0.2, 0) is 6.42 Å². The molecule has 5 N–H and O–H groups in total. The Bertz CT molecular complexity index is 799. The number of hydrogen-bond donors (Lipinski definition) is 5. The van der Waals surface area contributed by atoms with Crippen molar-refractivity contribution in [2.24, 2.45) is 0 Å². The van der Waals surface area contributed by atoms with Crippen LogP contribution in [0.4, 0.5) is 5.69 Å². The molecule has 1 aliphatic carbocycles. The molecule has 0 bridgehead atoms. The number of allylic oxidation sites excluding steroid dienone is 1. The summed E-state index contributed by atoms with van der Waals surface area (Å²) < 4.78 is 0. The fraction of sp³-hybridized carbons (Fsp3) is 0.176. The second-order valence-electron chi connectivity index (χ2n) is 5.62. The molecule has 1 unspecified atom stereocenters. The predicted octanol–water partition coefficient (Wildman–Crippen LogP) is 2.80. The topological polar surface area (TPSA) is 84.8 Å². The van der Waals surface area contributed by atoms with E-state index < -0.39 is 0 Å². The third-order valence-corrected chi connectivity index (χ3v) is 4.22. The molecule has 5 heteroatoms. The van der Waals surface area contributed by atoms with Gasteiger partial charge < -0.3 is 26.0 Å². The predicted molar refractivity (Wildman–Crippen MR) is 83.7 cm³/mol. The lowest BCUT2D eigenvalue weighted by molar-refractivity contribution is 0.392. The Morgan fingerprint density at radius 3 is 2.64 bits per heavy atom. The van der Waals surface area contributed by atoms with Gasteiger partial charge >= 0.3 is 0 Å². The normalized spacial score (nSPS) is 18.7. The van der Waals surface area contributed by atoms with Crippen LogP contribution >= 0.6 is 0 Å². The van der Waals surface area contributed by atoms with Crippen molar-refractivity contribution in [3.63, 3.8) is 0 Å². The molecule has 22 heavy (non-hydrogen) atoms. The van der Waals surface area contributed by atoms with Crippen LogP contribution in [0.25, 0.3) is 5.70 Å². The smallest absolute Gasteiger partial charge is 0.161 e. The summed E-state index contributed by atoms with van der Waals surface area (Å²) in [7, 11) is 0. The van der Waals surface area contributed by atoms with Gasteiger partial charge in [-0.2, -0.15) is 0 Å². The Hall–Kier alpha value is -2.82. The molecular weight excluding hydrogens is 280 g/mol. The number of aryl methyl sites for hydroxylation is 1. The monoisotopic (exact) mass is 296 g/mol. The fourth-order valence-electron chi connectivity index (χ4n) is 3.17. The van der Waals surface area contributed by atoms with E-state index in [0.29, 0.717) is 5.56 Å². The molecule has 0 saturated carbocycles. The van der Waals surface area contributed by atoms with Crippen molar-refractivity contribution in [2.75, 3.05) is 5.32 Å². The first kappa shape index (κ1) is 12.9. The zero-order valence-electron chi connectivity index (χ0n) is 11.8. The Morgan fingerprint density at radius 2 is 1.77 bits per heavy atom. The van der Waals surface area contributed by atoms with Crippen LogP contribution in [0.1, 0.15) is 29.3 Å². The molecule has 0 amide bonds. The van der Waals surface area contributed by atoms with E-state index in [4.69, 9.17) is 0 Å². The minimum absolute atomic E-state index is 0.0729. The van der Waals surface area contributed by atoms with Crippen LogP contribution in [-0.4, -0.2) is 15.3 Å². The molecule has 1 atom stereocenters. The lowest BCUT2D eigenvalue weighted by Crippen LogP contribution is -2.33. The number of aromatic hydroxyl groups is 3. The summed E-state index contributed by atoms with van der Waals surface area (Å²) in [6.45, 7) is 0. The van der Waals surface area contributed by atoms with E-state index >= 15 is 0 Å². The molecule has 1 heterocycles. The van der Waals surface area contributed by atoms with E-state index in [9.17, 15) is 15.3 Å². The summed E-state index contributed by atoms with van der Waals surface area (Å²) in [6, 6.07) is 8.66. The second-order valence-corrected chi connectivity index (χ2v) is 5.62. The number of benzene rings is 2. The van der Waals surface area contributed by atoms with Crippen LogP contribution < -0.4 is 10.6 Å². The van der Waals surface area contributed by atoms with Crippen molar-refractivity contribution in [3.05, 3.63) is 53.1 Å². The van der Waals surface area contributed by atoms with Gasteiger partial charge in [0.05, 0.1) is 0 Å². The molecule has 2 aliphatic rings. The van der Waals surface area contributed by atoms with Crippen molar-refractivity contribution in [1.82, 2.24) is 5.32 Å². The highest BCUT2D eigenvalue weighted by molar-refractivity contribution is 5.82. The van der Waals surface area contributed by atoms with E-state index in [0.717, 1.165) is 30.3 Å². The van der Waals surface area contributed by atoms with Crippen LogP contribution in [0.3, 0.4) is 0 Å². The SMILES string of the molecule is Oc1cc(O)c(C2NC3=CCCc4cccc(c43)N2)cc1O. The standard InChI is InChI=1S/C17H16N2O3/c20-13-8-15(22)14(21)7-10(13)17-18-11-5-1-3-9-4-2-6-12(19-17)16(9)11/h1,3,5-8,17-22H,2,4H2. The van der Waals surface area contributed by atoms with Crippen molar-refractivity contribution in [3.8, 4) is 17.2 Å². The van der Waals surface area contributed by atoms with Gasteiger partial charge in [0, 0.05) is 28.6 Å². The molecule has 5 nitrogen and oxygen atoms in total. The third-order valence-electron chi connectivity index (χ3n) is 4.22. The maximum Gasteiger partial charge on any atom is 0.161 e. The van der Waals surface area contributed by atoms with Gasteiger partial charge in [-0.1, -0.05) is 18.2 Å². The number of rotatable bonds is 1. The fourth-order valence-corrected chi connectivity index (χ4v) is 3.17. The molecule has 0 saturated heterocycles. The molecule has 0 spiro atoms. The van der Waals surface area contributed by atoms with Gasteiger partial charge in [-0.25, -0.2) is 0 Å². The Kier molecular flexibility index (Phi) is 2.69. The molecule has 0 fully saturated rings. The van der Waals surface area contributed by atoms with E-state index in [1.807, 2.05) is 12.1 Å².